The van der Waals surface area contributed by atoms with Crippen LogP contribution in [0.2, 0.25) is 10.0 Å². The first kappa shape index (κ1) is 16.2. The number of rotatable bonds is 3. The summed E-state index contributed by atoms with van der Waals surface area (Å²) in [5.74, 6) is 0. The van der Waals surface area contributed by atoms with E-state index in [1.54, 1.807) is 45.0 Å². The van der Waals surface area contributed by atoms with Crippen LogP contribution in [-0.4, -0.2) is 14.3 Å². The van der Waals surface area contributed by atoms with Crippen LogP contribution in [0.5, 0.6) is 0 Å². The SMILES string of the molecule is Nc1cc(Cl)c(-n2ncc3c2ccc(=O)n3Cc2ccsc2)c(Cl)c1. The van der Waals surface area contributed by atoms with Gasteiger partial charge in [0.05, 0.1) is 33.8 Å². The van der Waals surface area contributed by atoms with E-state index in [4.69, 9.17) is 28.9 Å². The molecule has 0 saturated carbocycles. The molecule has 0 saturated heterocycles. The number of nitrogen functional groups attached to an aromatic ring is 1. The van der Waals surface area contributed by atoms with Gasteiger partial charge in [0.2, 0.25) is 0 Å². The number of fused-ring (bicyclic) bond motifs is 1. The lowest BCUT2D eigenvalue weighted by atomic mass is 10.2. The third kappa shape index (κ3) is 2.82. The molecule has 0 radical (unpaired) electrons. The van der Waals surface area contributed by atoms with Crippen LogP contribution in [0.25, 0.3) is 16.7 Å². The zero-order valence-electron chi connectivity index (χ0n) is 12.8. The zero-order valence-corrected chi connectivity index (χ0v) is 15.1. The lowest BCUT2D eigenvalue weighted by Gasteiger charge is -2.11. The summed E-state index contributed by atoms with van der Waals surface area (Å²) in [6, 6.07) is 8.48. The Balaban J connectivity index is 1.93. The van der Waals surface area contributed by atoms with Crippen molar-refractivity contribution < 1.29 is 0 Å². The van der Waals surface area contributed by atoms with Crippen molar-refractivity contribution in [3.05, 3.63) is 73.3 Å². The van der Waals surface area contributed by atoms with Crippen molar-refractivity contribution in [2.24, 2.45) is 0 Å². The summed E-state index contributed by atoms with van der Waals surface area (Å²) in [6.07, 6.45) is 1.64. The fourth-order valence-corrected chi connectivity index (χ4v) is 4.09. The van der Waals surface area contributed by atoms with Crippen molar-refractivity contribution in [1.29, 1.82) is 0 Å². The molecule has 0 unspecified atom stereocenters. The molecule has 126 valence electrons. The molecule has 2 N–H and O–H groups in total. The summed E-state index contributed by atoms with van der Waals surface area (Å²) in [6.45, 7) is 0.481. The van der Waals surface area contributed by atoms with Crippen LogP contribution in [0.15, 0.2) is 52.1 Å². The van der Waals surface area contributed by atoms with Crippen LogP contribution >= 0.6 is 34.5 Å². The first-order valence-corrected chi connectivity index (χ1v) is 9.08. The molecule has 0 aliphatic heterocycles. The highest BCUT2D eigenvalue weighted by molar-refractivity contribution is 7.07. The lowest BCUT2D eigenvalue weighted by molar-refractivity contribution is 0.797. The van der Waals surface area contributed by atoms with Gasteiger partial charge in [-0.1, -0.05) is 23.2 Å². The third-order valence-corrected chi connectivity index (χ3v) is 5.21. The van der Waals surface area contributed by atoms with Crippen LogP contribution in [0.4, 0.5) is 5.69 Å². The Morgan fingerprint density at radius 3 is 2.56 bits per heavy atom. The van der Waals surface area contributed by atoms with Crippen molar-refractivity contribution in [3.63, 3.8) is 0 Å². The number of thiophene rings is 1. The number of nitrogens with two attached hydrogens (primary N) is 1. The summed E-state index contributed by atoms with van der Waals surface area (Å²) in [5, 5.41) is 9.19. The number of anilines is 1. The molecular weight excluding hydrogens is 379 g/mol. The van der Waals surface area contributed by atoms with Gasteiger partial charge in [-0.05, 0) is 40.6 Å². The average Bonchev–Trinajstić information content (AvgIpc) is 3.19. The predicted molar refractivity (Wildman–Crippen MR) is 103 cm³/mol. The highest BCUT2D eigenvalue weighted by Gasteiger charge is 2.16. The quantitative estimate of drug-likeness (QED) is 0.533. The van der Waals surface area contributed by atoms with Crippen molar-refractivity contribution >= 4 is 51.3 Å². The second-order valence-electron chi connectivity index (χ2n) is 5.55. The highest BCUT2D eigenvalue weighted by Crippen LogP contribution is 2.32. The molecule has 4 rings (SSSR count). The zero-order chi connectivity index (χ0) is 17.6. The summed E-state index contributed by atoms with van der Waals surface area (Å²) in [4.78, 5) is 12.3. The Hall–Kier alpha value is -2.28. The first-order valence-electron chi connectivity index (χ1n) is 7.38. The van der Waals surface area contributed by atoms with Gasteiger partial charge in [0.25, 0.3) is 5.56 Å². The number of halogens is 2. The molecule has 5 nitrogen and oxygen atoms in total. The number of pyridine rings is 1. The van der Waals surface area contributed by atoms with Gasteiger partial charge in [0.15, 0.2) is 0 Å². The Labute approximate surface area is 156 Å². The van der Waals surface area contributed by atoms with E-state index in [0.717, 1.165) is 11.1 Å². The molecule has 4 aromatic rings. The van der Waals surface area contributed by atoms with E-state index in [9.17, 15) is 4.79 Å². The molecule has 0 bridgehead atoms. The highest BCUT2D eigenvalue weighted by atomic mass is 35.5. The normalized spacial score (nSPS) is 11.3. The Morgan fingerprint density at radius 2 is 1.88 bits per heavy atom. The Morgan fingerprint density at radius 1 is 1.12 bits per heavy atom. The Kier molecular flexibility index (Phi) is 4.03. The molecule has 0 spiro atoms. The monoisotopic (exact) mass is 390 g/mol. The molecular formula is C17H12Cl2N4OS. The van der Waals surface area contributed by atoms with Crippen molar-refractivity contribution in [2.75, 3.05) is 5.73 Å². The van der Waals surface area contributed by atoms with Gasteiger partial charge in [-0.3, -0.25) is 4.79 Å². The Bertz CT molecular complexity index is 1110. The molecule has 3 aromatic heterocycles. The standard InChI is InChI=1S/C17H12Cl2N4OS/c18-12-5-11(20)6-13(19)17(12)23-14-1-2-16(24)22(15(14)7-21-23)8-10-3-4-25-9-10/h1-7,9H,8,20H2. The molecule has 0 fully saturated rings. The third-order valence-electron chi connectivity index (χ3n) is 3.90. The van der Waals surface area contributed by atoms with Crippen molar-refractivity contribution in [3.8, 4) is 5.69 Å². The molecule has 0 amide bonds. The average molecular weight is 391 g/mol. The number of hydrogen-bond acceptors (Lipinski definition) is 4. The lowest BCUT2D eigenvalue weighted by Crippen LogP contribution is -2.19. The largest absolute Gasteiger partial charge is 0.399 e. The van der Waals surface area contributed by atoms with Crippen LogP contribution in [0.3, 0.4) is 0 Å². The van der Waals surface area contributed by atoms with Crippen LogP contribution < -0.4 is 11.3 Å². The number of aromatic nitrogens is 3. The molecule has 1 aromatic carbocycles. The smallest absolute Gasteiger partial charge is 0.251 e. The molecule has 0 atom stereocenters. The minimum absolute atomic E-state index is 0.0900. The summed E-state index contributed by atoms with van der Waals surface area (Å²) >= 11 is 14.2. The van der Waals surface area contributed by atoms with Gasteiger partial charge < -0.3 is 10.3 Å². The van der Waals surface area contributed by atoms with Crippen LogP contribution in [-0.2, 0) is 6.54 Å². The van der Waals surface area contributed by atoms with E-state index in [2.05, 4.69) is 5.10 Å². The summed E-state index contributed by atoms with van der Waals surface area (Å²) < 4.78 is 3.31. The van der Waals surface area contributed by atoms with Crippen LogP contribution in [0.1, 0.15) is 5.56 Å². The van der Waals surface area contributed by atoms with Gasteiger partial charge >= 0.3 is 0 Å². The molecule has 0 aliphatic rings. The number of benzene rings is 1. The molecule has 25 heavy (non-hydrogen) atoms. The van der Waals surface area contributed by atoms with E-state index in [0.29, 0.717) is 33.5 Å². The fraction of sp³-hybridized carbons (Fsp3) is 0.0588. The fourth-order valence-electron chi connectivity index (χ4n) is 2.77. The second kappa shape index (κ2) is 6.22. The van der Waals surface area contributed by atoms with Gasteiger partial charge in [0.1, 0.15) is 5.69 Å². The van der Waals surface area contributed by atoms with Crippen molar-refractivity contribution in [1.82, 2.24) is 14.3 Å². The summed E-state index contributed by atoms with van der Waals surface area (Å²) in [5.41, 5.74) is 9.21. The van der Waals surface area contributed by atoms with E-state index < -0.39 is 0 Å². The predicted octanol–water partition coefficient (Wildman–Crippen LogP) is 4.19. The summed E-state index contributed by atoms with van der Waals surface area (Å²) in [7, 11) is 0. The molecule has 8 heteroatoms. The maximum atomic E-state index is 12.3. The first-order chi connectivity index (χ1) is 12.0. The number of nitrogens with zero attached hydrogens (tertiary/aromatic N) is 3. The van der Waals surface area contributed by atoms with Crippen molar-refractivity contribution in [2.45, 2.75) is 6.54 Å². The maximum Gasteiger partial charge on any atom is 0.251 e. The molecule has 3 heterocycles. The van der Waals surface area contributed by atoms with Gasteiger partial charge in [0, 0.05) is 11.8 Å². The van der Waals surface area contributed by atoms with Crippen LogP contribution in [0, 0.1) is 0 Å². The second-order valence-corrected chi connectivity index (χ2v) is 7.14. The van der Waals surface area contributed by atoms with Gasteiger partial charge in [-0.15, -0.1) is 0 Å². The van der Waals surface area contributed by atoms with Gasteiger partial charge in [-0.25, -0.2) is 4.68 Å². The van der Waals surface area contributed by atoms with E-state index in [-0.39, 0.29) is 5.56 Å². The van der Waals surface area contributed by atoms with E-state index in [1.165, 1.54) is 6.07 Å². The van der Waals surface area contributed by atoms with Gasteiger partial charge in [-0.2, -0.15) is 16.4 Å². The van der Waals surface area contributed by atoms with E-state index >= 15 is 0 Å². The topological polar surface area (TPSA) is 65.8 Å². The van der Waals surface area contributed by atoms with E-state index in [1.807, 2.05) is 16.8 Å². The number of hydrogen-bond donors (Lipinski definition) is 1. The minimum atomic E-state index is -0.0900. The maximum absolute atomic E-state index is 12.3. The molecule has 0 aliphatic carbocycles. The minimum Gasteiger partial charge on any atom is -0.399 e.